The first-order valence-corrected chi connectivity index (χ1v) is 6.41. The summed E-state index contributed by atoms with van der Waals surface area (Å²) in [5, 5.41) is 13.0. The van der Waals surface area contributed by atoms with E-state index >= 15 is 0 Å². The van der Waals surface area contributed by atoms with Crippen LogP contribution < -0.4 is 0 Å². The Bertz CT molecular complexity index is 558. The summed E-state index contributed by atoms with van der Waals surface area (Å²) in [5.41, 5.74) is 3.25. The topological polar surface area (TPSA) is 55.1 Å². The van der Waals surface area contributed by atoms with E-state index < -0.39 is 5.97 Å². The lowest BCUT2D eigenvalue weighted by Gasteiger charge is -2.13. The van der Waals surface area contributed by atoms with Gasteiger partial charge in [0.15, 0.2) is 0 Å². The smallest absolute Gasteiger partial charge is 0.303 e. The summed E-state index contributed by atoms with van der Waals surface area (Å²) in [6, 6.07) is 8.08. The van der Waals surface area contributed by atoms with Gasteiger partial charge < -0.3 is 5.11 Å². The molecule has 1 aromatic heterocycles. The third-order valence-corrected chi connectivity index (χ3v) is 3.33. The number of benzene rings is 1. The molecule has 1 N–H and O–H groups in total. The standard InChI is InChI=1S/C15H18N2O2/c1-3-11(8-15(18)19)12-4-6-13(7-5-12)14-9-16-17(2)10-14/h4-7,9-11H,3,8H2,1-2H3,(H,18,19). The fraction of sp³-hybridized carbons (Fsp3) is 0.333. The van der Waals surface area contributed by atoms with E-state index in [-0.39, 0.29) is 12.3 Å². The van der Waals surface area contributed by atoms with E-state index in [1.807, 2.05) is 50.6 Å². The van der Waals surface area contributed by atoms with Crippen molar-refractivity contribution in [1.82, 2.24) is 9.78 Å². The van der Waals surface area contributed by atoms with Gasteiger partial charge in [0, 0.05) is 18.8 Å². The van der Waals surface area contributed by atoms with Crippen molar-refractivity contribution < 1.29 is 9.90 Å². The molecule has 1 unspecified atom stereocenters. The Morgan fingerprint density at radius 2 is 2.00 bits per heavy atom. The Kier molecular flexibility index (Phi) is 4.00. The van der Waals surface area contributed by atoms with Gasteiger partial charge in [-0.05, 0) is 23.5 Å². The monoisotopic (exact) mass is 258 g/mol. The first kappa shape index (κ1) is 13.3. The zero-order valence-electron chi connectivity index (χ0n) is 11.2. The van der Waals surface area contributed by atoms with Crippen LogP contribution in [-0.2, 0) is 11.8 Å². The van der Waals surface area contributed by atoms with Crippen molar-refractivity contribution in [2.75, 3.05) is 0 Å². The van der Waals surface area contributed by atoms with Crippen LogP contribution in [0.25, 0.3) is 11.1 Å². The molecule has 0 aliphatic rings. The summed E-state index contributed by atoms with van der Waals surface area (Å²) in [7, 11) is 1.89. The normalized spacial score (nSPS) is 12.3. The molecule has 0 spiro atoms. The summed E-state index contributed by atoms with van der Waals surface area (Å²) in [5.74, 6) is -0.663. The Morgan fingerprint density at radius 3 is 2.47 bits per heavy atom. The van der Waals surface area contributed by atoms with Crippen LogP contribution in [0, 0.1) is 0 Å². The molecular weight excluding hydrogens is 240 g/mol. The van der Waals surface area contributed by atoms with Crippen LogP contribution in [0.4, 0.5) is 0 Å². The summed E-state index contributed by atoms with van der Waals surface area (Å²) in [4.78, 5) is 10.8. The third-order valence-electron chi connectivity index (χ3n) is 3.33. The molecule has 0 radical (unpaired) electrons. The van der Waals surface area contributed by atoms with Crippen LogP contribution in [0.2, 0.25) is 0 Å². The zero-order chi connectivity index (χ0) is 13.8. The Morgan fingerprint density at radius 1 is 1.32 bits per heavy atom. The molecule has 0 bridgehead atoms. The van der Waals surface area contributed by atoms with Gasteiger partial charge in [0.2, 0.25) is 0 Å². The molecule has 0 saturated heterocycles. The van der Waals surface area contributed by atoms with Crippen molar-refractivity contribution in [3.8, 4) is 11.1 Å². The molecule has 0 aliphatic heterocycles. The molecule has 1 atom stereocenters. The number of carboxylic acid groups (broad SMARTS) is 1. The molecule has 1 heterocycles. The zero-order valence-corrected chi connectivity index (χ0v) is 11.2. The second kappa shape index (κ2) is 5.69. The van der Waals surface area contributed by atoms with Crippen LogP contribution in [0.15, 0.2) is 36.7 Å². The van der Waals surface area contributed by atoms with E-state index in [1.165, 1.54) is 0 Å². The number of hydrogen-bond donors (Lipinski definition) is 1. The van der Waals surface area contributed by atoms with Crippen LogP contribution in [0.3, 0.4) is 0 Å². The van der Waals surface area contributed by atoms with Gasteiger partial charge in [0.05, 0.1) is 12.6 Å². The molecule has 0 fully saturated rings. The Balaban J connectivity index is 2.19. The number of hydrogen-bond acceptors (Lipinski definition) is 2. The van der Waals surface area contributed by atoms with Crippen molar-refractivity contribution in [2.45, 2.75) is 25.7 Å². The second-order valence-electron chi connectivity index (χ2n) is 4.73. The van der Waals surface area contributed by atoms with E-state index in [1.54, 1.807) is 4.68 Å². The molecule has 4 heteroatoms. The fourth-order valence-electron chi connectivity index (χ4n) is 2.23. The lowest BCUT2D eigenvalue weighted by molar-refractivity contribution is -0.137. The molecule has 0 amide bonds. The van der Waals surface area contributed by atoms with Gasteiger partial charge in [-0.2, -0.15) is 5.10 Å². The summed E-state index contributed by atoms with van der Waals surface area (Å²) in [6.07, 6.45) is 4.80. The van der Waals surface area contributed by atoms with Gasteiger partial charge in [-0.15, -0.1) is 0 Å². The van der Waals surface area contributed by atoms with Crippen LogP contribution in [0.5, 0.6) is 0 Å². The Hall–Kier alpha value is -2.10. The maximum Gasteiger partial charge on any atom is 0.303 e. The Labute approximate surface area is 112 Å². The highest BCUT2D eigenvalue weighted by molar-refractivity contribution is 5.68. The van der Waals surface area contributed by atoms with E-state index in [0.29, 0.717) is 0 Å². The van der Waals surface area contributed by atoms with Crippen LogP contribution in [0.1, 0.15) is 31.2 Å². The predicted molar refractivity (Wildman–Crippen MR) is 73.9 cm³/mol. The highest BCUT2D eigenvalue weighted by Crippen LogP contribution is 2.26. The molecule has 0 aliphatic carbocycles. The number of aromatic nitrogens is 2. The minimum absolute atomic E-state index is 0.0837. The maximum absolute atomic E-state index is 10.8. The van der Waals surface area contributed by atoms with E-state index in [9.17, 15) is 4.79 Å². The van der Waals surface area contributed by atoms with E-state index in [0.717, 1.165) is 23.1 Å². The highest BCUT2D eigenvalue weighted by atomic mass is 16.4. The number of nitrogens with zero attached hydrogens (tertiary/aromatic N) is 2. The molecule has 0 saturated carbocycles. The van der Waals surface area contributed by atoms with Crippen molar-refractivity contribution in [2.24, 2.45) is 7.05 Å². The molecule has 4 nitrogen and oxygen atoms in total. The average molecular weight is 258 g/mol. The number of carboxylic acids is 1. The first-order valence-electron chi connectivity index (χ1n) is 6.41. The summed E-state index contributed by atoms with van der Waals surface area (Å²) in [6.45, 7) is 2.02. The summed E-state index contributed by atoms with van der Waals surface area (Å²) < 4.78 is 1.77. The second-order valence-corrected chi connectivity index (χ2v) is 4.73. The van der Waals surface area contributed by atoms with Gasteiger partial charge in [-0.3, -0.25) is 9.48 Å². The number of aryl methyl sites for hydroxylation is 1. The third kappa shape index (κ3) is 3.22. The first-order chi connectivity index (χ1) is 9.10. The minimum atomic E-state index is -0.747. The molecule has 19 heavy (non-hydrogen) atoms. The quantitative estimate of drug-likeness (QED) is 0.896. The van der Waals surface area contributed by atoms with Crippen molar-refractivity contribution >= 4 is 5.97 Å². The van der Waals surface area contributed by atoms with Gasteiger partial charge >= 0.3 is 5.97 Å². The van der Waals surface area contributed by atoms with Gasteiger partial charge in [-0.25, -0.2) is 0 Å². The van der Waals surface area contributed by atoms with Crippen molar-refractivity contribution in [3.05, 3.63) is 42.2 Å². The lowest BCUT2D eigenvalue weighted by Crippen LogP contribution is -2.05. The average Bonchev–Trinajstić information content (AvgIpc) is 2.83. The van der Waals surface area contributed by atoms with Crippen LogP contribution >= 0.6 is 0 Å². The molecule has 2 aromatic rings. The summed E-state index contributed by atoms with van der Waals surface area (Å²) >= 11 is 0. The van der Waals surface area contributed by atoms with E-state index in [4.69, 9.17) is 5.11 Å². The molecule has 100 valence electrons. The van der Waals surface area contributed by atoms with Gasteiger partial charge in [-0.1, -0.05) is 31.2 Å². The number of carbonyl (C=O) groups is 1. The highest BCUT2D eigenvalue weighted by Gasteiger charge is 2.13. The number of aliphatic carboxylic acids is 1. The minimum Gasteiger partial charge on any atom is -0.481 e. The van der Waals surface area contributed by atoms with Crippen molar-refractivity contribution in [1.29, 1.82) is 0 Å². The molecule has 2 rings (SSSR count). The van der Waals surface area contributed by atoms with Crippen LogP contribution in [-0.4, -0.2) is 20.9 Å². The SMILES string of the molecule is CCC(CC(=O)O)c1ccc(-c2cnn(C)c2)cc1. The lowest BCUT2D eigenvalue weighted by atomic mass is 9.92. The number of rotatable bonds is 5. The van der Waals surface area contributed by atoms with Gasteiger partial charge in [0.25, 0.3) is 0 Å². The molecular formula is C15H18N2O2. The predicted octanol–water partition coefficient (Wildman–Crippen LogP) is 3.06. The van der Waals surface area contributed by atoms with Crippen molar-refractivity contribution in [3.63, 3.8) is 0 Å². The fourth-order valence-corrected chi connectivity index (χ4v) is 2.23. The largest absolute Gasteiger partial charge is 0.481 e. The maximum atomic E-state index is 10.8. The van der Waals surface area contributed by atoms with Gasteiger partial charge in [0.1, 0.15) is 0 Å². The molecule has 1 aromatic carbocycles. The van der Waals surface area contributed by atoms with E-state index in [2.05, 4.69) is 5.10 Å².